The molecule has 0 saturated carbocycles. The zero-order valence-electron chi connectivity index (χ0n) is 11.3. The third-order valence-electron chi connectivity index (χ3n) is 3.05. The van der Waals surface area contributed by atoms with E-state index < -0.39 is 0 Å². The monoisotopic (exact) mass is 239 g/mol. The van der Waals surface area contributed by atoms with E-state index in [1.165, 1.54) is 16.7 Å². The number of nitrogens with zero attached hydrogens (tertiary/aromatic N) is 3. The number of hydrogen-bond donors (Lipinski definition) is 0. The molecular formula is C15H17N3. The summed E-state index contributed by atoms with van der Waals surface area (Å²) in [6.07, 6.45) is 0.359. The predicted octanol–water partition coefficient (Wildman–Crippen LogP) is 3.17. The van der Waals surface area contributed by atoms with Crippen LogP contribution in [-0.4, -0.2) is 9.78 Å². The summed E-state index contributed by atoms with van der Waals surface area (Å²) in [4.78, 5) is 0. The molecule has 0 spiro atoms. The maximum absolute atomic E-state index is 8.74. The number of rotatable bonds is 2. The predicted molar refractivity (Wildman–Crippen MR) is 71.8 cm³/mol. The first-order chi connectivity index (χ1) is 8.52. The molecule has 1 aromatic heterocycles. The second-order valence-electron chi connectivity index (χ2n) is 4.77. The van der Waals surface area contributed by atoms with E-state index in [0.717, 1.165) is 17.1 Å². The smallest absolute Gasteiger partial charge is 0.0793 e. The van der Waals surface area contributed by atoms with Crippen molar-refractivity contribution in [3.05, 3.63) is 46.3 Å². The highest BCUT2D eigenvalue weighted by molar-refractivity contribution is 5.49. The van der Waals surface area contributed by atoms with Gasteiger partial charge in [0.1, 0.15) is 0 Å². The van der Waals surface area contributed by atoms with Crippen LogP contribution in [0, 0.1) is 39.0 Å². The van der Waals surface area contributed by atoms with Crippen LogP contribution in [0.3, 0.4) is 0 Å². The van der Waals surface area contributed by atoms with Crippen LogP contribution < -0.4 is 0 Å². The Hall–Kier alpha value is -2.08. The van der Waals surface area contributed by atoms with E-state index in [4.69, 9.17) is 5.26 Å². The van der Waals surface area contributed by atoms with Gasteiger partial charge in [-0.3, -0.25) is 0 Å². The average molecular weight is 239 g/mol. The van der Waals surface area contributed by atoms with Gasteiger partial charge >= 0.3 is 0 Å². The molecule has 0 fully saturated rings. The Kier molecular flexibility index (Phi) is 3.20. The minimum absolute atomic E-state index is 0.359. The summed E-state index contributed by atoms with van der Waals surface area (Å²) >= 11 is 0. The normalized spacial score (nSPS) is 10.4. The fourth-order valence-corrected chi connectivity index (χ4v) is 2.44. The van der Waals surface area contributed by atoms with Gasteiger partial charge in [-0.2, -0.15) is 10.4 Å². The summed E-state index contributed by atoms with van der Waals surface area (Å²) in [5, 5.41) is 13.3. The van der Waals surface area contributed by atoms with Crippen molar-refractivity contribution in [2.75, 3.05) is 0 Å². The molecule has 0 saturated heterocycles. The van der Waals surface area contributed by atoms with Gasteiger partial charge in [-0.1, -0.05) is 17.7 Å². The first-order valence-corrected chi connectivity index (χ1v) is 6.03. The molecule has 0 bridgehead atoms. The van der Waals surface area contributed by atoms with E-state index in [9.17, 15) is 0 Å². The van der Waals surface area contributed by atoms with Crippen LogP contribution in [0.25, 0.3) is 5.69 Å². The Morgan fingerprint density at radius 2 is 1.72 bits per heavy atom. The highest BCUT2D eigenvalue weighted by Crippen LogP contribution is 2.22. The molecule has 1 heterocycles. The van der Waals surface area contributed by atoms with Gasteiger partial charge < -0.3 is 0 Å². The lowest BCUT2D eigenvalue weighted by atomic mass is 10.1. The molecule has 0 aliphatic rings. The van der Waals surface area contributed by atoms with Gasteiger partial charge in [0.25, 0.3) is 0 Å². The Morgan fingerprint density at radius 3 is 2.28 bits per heavy atom. The van der Waals surface area contributed by atoms with Crippen molar-refractivity contribution in [3.63, 3.8) is 0 Å². The standard InChI is InChI=1S/C15H17N3/c1-10-7-11(2)15(12(3)8-10)18-13(4)9-14(17-18)5-6-16/h7-9H,5H2,1-4H3. The summed E-state index contributed by atoms with van der Waals surface area (Å²) in [5.41, 5.74) is 6.70. The Bertz CT molecular complexity index is 607. The van der Waals surface area contributed by atoms with Crippen molar-refractivity contribution in [1.29, 1.82) is 5.26 Å². The molecule has 0 aliphatic heterocycles. The van der Waals surface area contributed by atoms with Crippen LogP contribution in [-0.2, 0) is 6.42 Å². The number of benzene rings is 1. The topological polar surface area (TPSA) is 41.6 Å². The summed E-state index contributed by atoms with van der Waals surface area (Å²) in [6.45, 7) is 8.31. The third-order valence-corrected chi connectivity index (χ3v) is 3.05. The zero-order valence-corrected chi connectivity index (χ0v) is 11.3. The summed E-state index contributed by atoms with van der Waals surface area (Å²) in [7, 11) is 0. The van der Waals surface area contributed by atoms with Gasteiger partial charge in [-0.15, -0.1) is 0 Å². The minimum atomic E-state index is 0.359. The van der Waals surface area contributed by atoms with Gasteiger partial charge in [0.2, 0.25) is 0 Å². The van der Waals surface area contributed by atoms with Crippen LogP contribution in [0.5, 0.6) is 0 Å². The van der Waals surface area contributed by atoms with Crippen molar-refractivity contribution >= 4 is 0 Å². The van der Waals surface area contributed by atoms with Crippen molar-refractivity contribution in [3.8, 4) is 11.8 Å². The van der Waals surface area contributed by atoms with Crippen LogP contribution in [0.15, 0.2) is 18.2 Å². The molecule has 2 aromatic rings. The zero-order chi connectivity index (χ0) is 13.3. The lowest BCUT2D eigenvalue weighted by Gasteiger charge is -2.12. The van der Waals surface area contributed by atoms with E-state index >= 15 is 0 Å². The molecule has 0 N–H and O–H groups in total. The van der Waals surface area contributed by atoms with Crippen molar-refractivity contribution < 1.29 is 0 Å². The van der Waals surface area contributed by atoms with Crippen molar-refractivity contribution in [2.24, 2.45) is 0 Å². The molecule has 0 atom stereocenters. The second-order valence-corrected chi connectivity index (χ2v) is 4.77. The Balaban J connectivity index is 2.59. The fraction of sp³-hybridized carbons (Fsp3) is 0.333. The van der Waals surface area contributed by atoms with Crippen molar-refractivity contribution in [1.82, 2.24) is 9.78 Å². The number of nitriles is 1. The molecule has 0 radical (unpaired) electrons. The highest BCUT2D eigenvalue weighted by Gasteiger charge is 2.11. The second kappa shape index (κ2) is 4.66. The van der Waals surface area contributed by atoms with Gasteiger partial charge in [-0.05, 0) is 44.9 Å². The molecule has 18 heavy (non-hydrogen) atoms. The number of hydrogen-bond acceptors (Lipinski definition) is 2. The van der Waals surface area contributed by atoms with Gasteiger partial charge in [-0.25, -0.2) is 4.68 Å². The molecule has 3 heteroatoms. The number of aryl methyl sites for hydroxylation is 4. The maximum Gasteiger partial charge on any atom is 0.0793 e. The number of aromatic nitrogens is 2. The van der Waals surface area contributed by atoms with E-state index in [0.29, 0.717) is 6.42 Å². The molecule has 0 amide bonds. The lowest BCUT2D eigenvalue weighted by molar-refractivity contribution is 0.814. The summed E-state index contributed by atoms with van der Waals surface area (Å²) in [5.74, 6) is 0. The van der Waals surface area contributed by atoms with Gasteiger partial charge in [0, 0.05) is 5.69 Å². The third kappa shape index (κ3) is 2.14. The van der Waals surface area contributed by atoms with Crippen LogP contribution in [0.1, 0.15) is 28.1 Å². The minimum Gasteiger partial charge on any atom is -0.237 e. The van der Waals surface area contributed by atoms with Gasteiger partial charge in [0.15, 0.2) is 0 Å². The molecule has 0 unspecified atom stereocenters. The average Bonchev–Trinajstić information content (AvgIpc) is 2.59. The van der Waals surface area contributed by atoms with E-state index in [2.05, 4.69) is 44.1 Å². The summed E-state index contributed by atoms with van der Waals surface area (Å²) in [6, 6.07) is 8.43. The first-order valence-electron chi connectivity index (χ1n) is 6.03. The summed E-state index contributed by atoms with van der Waals surface area (Å²) < 4.78 is 1.94. The van der Waals surface area contributed by atoms with Crippen molar-refractivity contribution in [2.45, 2.75) is 34.1 Å². The first kappa shape index (κ1) is 12.4. The van der Waals surface area contributed by atoms with Crippen LogP contribution in [0.2, 0.25) is 0 Å². The molecule has 92 valence electrons. The van der Waals surface area contributed by atoms with Crippen LogP contribution >= 0.6 is 0 Å². The Labute approximate surface area is 108 Å². The SMILES string of the molecule is Cc1cc(C)c(-n2nc(CC#N)cc2C)c(C)c1. The highest BCUT2D eigenvalue weighted by atomic mass is 15.3. The molecule has 3 nitrogen and oxygen atoms in total. The van der Waals surface area contributed by atoms with Gasteiger partial charge in [0.05, 0.1) is 23.9 Å². The Morgan fingerprint density at radius 1 is 1.11 bits per heavy atom. The van der Waals surface area contributed by atoms with Crippen LogP contribution in [0.4, 0.5) is 0 Å². The van der Waals surface area contributed by atoms with E-state index in [-0.39, 0.29) is 0 Å². The van der Waals surface area contributed by atoms with E-state index in [1.54, 1.807) is 0 Å². The molecule has 0 aliphatic carbocycles. The fourth-order valence-electron chi connectivity index (χ4n) is 2.44. The van der Waals surface area contributed by atoms with E-state index in [1.807, 2.05) is 17.7 Å². The largest absolute Gasteiger partial charge is 0.237 e. The molecule has 1 aromatic carbocycles. The lowest BCUT2D eigenvalue weighted by Crippen LogP contribution is -2.04. The quantitative estimate of drug-likeness (QED) is 0.807. The molecular weight excluding hydrogens is 222 g/mol. The maximum atomic E-state index is 8.74. The molecule has 2 rings (SSSR count).